The van der Waals surface area contributed by atoms with Gasteiger partial charge in [-0.2, -0.15) is 0 Å². The average Bonchev–Trinajstić information content (AvgIpc) is 2.75. The molecule has 0 bridgehead atoms. The Bertz CT molecular complexity index is 499. The van der Waals surface area contributed by atoms with E-state index in [0.717, 1.165) is 5.56 Å². The van der Waals surface area contributed by atoms with Gasteiger partial charge in [-0.1, -0.05) is 29.8 Å². The van der Waals surface area contributed by atoms with Crippen LogP contribution < -0.4 is 11.3 Å². The molecule has 1 unspecified atom stereocenters. The zero-order valence-corrected chi connectivity index (χ0v) is 10.5. The van der Waals surface area contributed by atoms with E-state index < -0.39 is 0 Å². The molecule has 0 saturated carbocycles. The molecule has 3 nitrogen and oxygen atoms in total. The third-order valence-corrected chi connectivity index (χ3v) is 3.09. The number of halogens is 2. The molecular formula is C12H12Cl2N2O. The minimum atomic E-state index is -0.151. The molecule has 0 spiro atoms. The fraction of sp³-hybridized carbons (Fsp3) is 0.167. The second-order valence-corrected chi connectivity index (χ2v) is 4.44. The Morgan fingerprint density at radius 1 is 1.18 bits per heavy atom. The van der Waals surface area contributed by atoms with Crippen LogP contribution in [-0.4, -0.2) is 0 Å². The van der Waals surface area contributed by atoms with Crippen LogP contribution in [0.3, 0.4) is 0 Å². The molecule has 0 aliphatic rings. The van der Waals surface area contributed by atoms with E-state index >= 15 is 0 Å². The molecule has 2 rings (SSSR count). The Balaban J connectivity index is 2.18. The fourth-order valence-corrected chi connectivity index (χ4v) is 2.01. The molecule has 1 aromatic carbocycles. The minimum absolute atomic E-state index is 0.151. The van der Waals surface area contributed by atoms with Gasteiger partial charge in [0.25, 0.3) is 0 Å². The van der Waals surface area contributed by atoms with Crippen molar-refractivity contribution < 1.29 is 4.42 Å². The number of benzene rings is 1. The van der Waals surface area contributed by atoms with Crippen LogP contribution in [0.2, 0.25) is 10.2 Å². The lowest BCUT2D eigenvalue weighted by Crippen LogP contribution is -2.29. The summed E-state index contributed by atoms with van der Waals surface area (Å²) in [6.07, 6.45) is 0.639. The van der Waals surface area contributed by atoms with Crippen molar-refractivity contribution in [3.05, 3.63) is 58.0 Å². The van der Waals surface area contributed by atoms with Crippen LogP contribution in [0, 0.1) is 0 Å². The summed E-state index contributed by atoms with van der Waals surface area (Å²) in [6.45, 7) is 0. The van der Waals surface area contributed by atoms with Gasteiger partial charge in [-0.25, -0.2) is 5.43 Å². The summed E-state index contributed by atoms with van der Waals surface area (Å²) in [5, 5.41) is 1.06. The number of furan rings is 1. The van der Waals surface area contributed by atoms with Crippen molar-refractivity contribution in [1.29, 1.82) is 0 Å². The van der Waals surface area contributed by atoms with E-state index in [1.165, 1.54) is 0 Å². The first-order valence-corrected chi connectivity index (χ1v) is 5.91. The van der Waals surface area contributed by atoms with Crippen LogP contribution in [-0.2, 0) is 6.42 Å². The quantitative estimate of drug-likeness (QED) is 0.662. The third-order valence-electron chi connectivity index (χ3n) is 2.52. The van der Waals surface area contributed by atoms with E-state index in [-0.39, 0.29) is 6.04 Å². The molecule has 0 fully saturated rings. The number of nitrogens with one attached hydrogen (secondary N) is 1. The highest BCUT2D eigenvalue weighted by molar-refractivity contribution is 6.31. The van der Waals surface area contributed by atoms with E-state index in [1.54, 1.807) is 12.1 Å². The monoisotopic (exact) mass is 270 g/mol. The second kappa shape index (κ2) is 5.56. The van der Waals surface area contributed by atoms with E-state index in [0.29, 0.717) is 22.4 Å². The molecule has 1 heterocycles. The number of nitrogens with two attached hydrogens (primary N) is 1. The van der Waals surface area contributed by atoms with Gasteiger partial charge in [0.1, 0.15) is 5.76 Å². The summed E-state index contributed by atoms with van der Waals surface area (Å²) in [7, 11) is 0. The highest BCUT2D eigenvalue weighted by atomic mass is 35.5. The van der Waals surface area contributed by atoms with Crippen molar-refractivity contribution in [3.63, 3.8) is 0 Å². The average molecular weight is 271 g/mol. The first-order chi connectivity index (χ1) is 8.20. The molecule has 0 aliphatic carbocycles. The number of hydrazine groups is 1. The van der Waals surface area contributed by atoms with Gasteiger partial charge in [0.15, 0.2) is 5.22 Å². The smallest absolute Gasteiger partial charge is 0.193 e. The summed E-state index contributed by atoms with van der Waals surface area (Å²) < 4.78 is 5.33. The highest BCUT2D eigenvalue weighted by Crippen LogP contribution is 2.25. The molecule has 1 aromatic heterocycles. The molecule has 0 amide bonds. The van der Waals surface area contributed by atoms with Gasteiger partial charge in [0.2, 0.25) is 0 Å². The number of hydrogen-bond acceptors (Lipinski definition) is 3. The van der Waals surface area contributed by atoms with Gasteiger partial charge in [-0.3, -0.25) is 5.84 Å². The summed E-state index contributed by atoms with van der Waals surface area (Å²) in [6, 6.07) is 11.0. The summed E-state index contributed by atoms with van der Waals surface area (Å²) in [5.41, 5.74) is 3.70. The SMILES string of the molecule is NNC(Cc1ccccc1Cl)c1ccc(Cl)o1. The Labute approximate surface area is 109 Å². The Morgan fingerprint density at radius 3 is 2.53 bits per heavy atom. The Morgan fingerprint density at radius 2 is 1.94 bits per heavy atom. The lowest BCUT2D eigenvalue weighted by atomic mass is 10.0. The van der Waals surface area contributed by atoms with Crippen molar-refractivity contribution in [2.45, 2.75) is 12.5 Å². The topological polar surface area (TPSA) is 51.2 Å². The molecule has 0 saturated heterocycles. The van der Waals surface area contributed by atoms with Crippen molar-refractivity contribution in [2.24, 2.45) is 5.84 Å². The van der Waals surface area contributed by atoms with Crippen LogP contribution in [0.15, 0.2) is 40.8 Å². The van der Waals surface area contributed by atoms with Gasteiger partial charge in [0, 0.05) is 5.02 Å². The van der Waals surface area contributed by atoms with E-state index in [9.17, 15) is 0 Å². The van der Waals surface area contributed by atoms with Crippen LogP contribution >= 0.6 is 23.2 Å². The van der Waals surface area contributed by atoms with Crippen molar-refractivity contribution in [2.75, 3.05) is 0 Å². The van der Waals surface area contributed by atoms with E-state index in [4.69, 9.17) is 33.5 Å². The maximum absolute atomic E-state index is 6.09. The van der Waals surface area contributed by atoms with Gasteiger partial charge < -0.3 is 4.42 Å². The highest BCUT2D eigenvalue weighted by Gasteiger charge is 2.15. The predicted molar refractivity (Wildman–Crippen MR) is 68.9 cm³/mol. The van der Waals surface area contributed by atoms with Gasteiger partial charge in [-0.15, -0.1) is 0 Å². The van der Waals surface area contributed by atoms with Gasteiger partial charge in [0.05, 0.1) is 6.04 Å². The third kappa shape index (κ3) is 3.01. The normalized spacial score (nSPS) is 12.6. The standard InChI is InChI=1S/C12H12Cl2N2O/c13-9-4-2-1-3-8(9)7-10(16-15)11-5-6-12(14)17-11/h1-6,10,16H,7,15H2. The molecule has 2 aromatic rings. The van der Waals surface area contributed by atoms with Gasteiger partial charge >= 0.3 is 0 Å². The Hall–Kier alpha value is -1.00. The maximum Gasteiger partial charge on any atom is 0.193 e. The lowest BCUT2D eigenvalue weighted by Gasteiger charge is -2.14. The van der Waals surface area contributed by atoms with Crippen molar-refractivity contribution >= 4 is 23.2 Å². The first kappa shape index (κ1) is 12.5. The molecule has 1 atom stereocenters. The molecule has 0 aliphatic heterocycles. The maximum atomic E-state index is 6.09. The molecule has 5 heteroatoms. The molecule has 0 radical (unpaired) electrons. The van der Waals surface area contributed by atoms with E-state index in [2.05, 4.69) is 5.43 Å². The fourth-order valence-electron chi connectivity index (χ4n) is 1.64. The van der Waals surface area contributed by atoms with Crippen LogP contribution in [0.25, 0.3) is 0 Å². The van der Waals surface area contributed by atoms with Crippen molar-refractivity contribution in [3.8, 4) is 0 Å². The van der Waals surface area contributed by atoms with Gasteiger partial charge in [-0.05, 0) is 41.8 Å². The Kier molecular flexibility index (Phi) is 4.07. The van der Waals surface area contributed by atoms with Crippen LogP contribution in [0.1, 0.15) is 17.4 Å². The minimum Gasteiger partial charge on any atom is -0.448 e. The largest absolute Gasteiger partial charge is 0.448 e. The molecular weight excluding hydrogens is 259 g/mol. The molecule has 17 heavy (non-hydrogen) atoms. The molecule has 3 N–H and O–H groups in total. The number of hydrogen-bond donors (Lipinski definition) is 2. The van der Waals surface area contributed by atoms with E-state index in [1.807, 2.05) is 24.3 Å². The first-order valence-electron chi connectivity index (χ1n) is 5.15. The number of rotatable bonds is 4. The predicted octanol–water partition coefficient (Wildman–Crippen LogP) is 3.33. The zero-order valence-electron chi connectivity index (χ0n) is 8.99. The summed E-state index contributed by atoms with van der Waals surface area (Å²) >= 11 is 11.8. The van der Waals surface area contributed by atoms with Crippen LogP contribution in [0.4, 0.5) is 0 Å². The molecule has 90 valence electrons. The van der Waals surface area contributed by atoms with Crippen molar-refractivity contribution in [1.82, 2.24) is 5.43 Å². The summed E-state index contributed by atoms with van der Waals surface area (Å²) in [5.74, 6) is 6.21. The zero-order chi connectivity index (χ0) is 12.3. The van der Waals surface area contributed by atoms with Crippen LogP contribution in [0.5, 0.6) is 0 Å². The summed E-state index contributed by atoms with van der Waals surface area (Å²) in [4.78, 5) is 0. The lowest BCUT2D eigenvalue weighted by molar-refractivity contribution is 0.417. The second-order valence-electron chi connectivity index (χ2n) is 3.66.